The molecule has 1 aliphatic carbocycles. The molecule has 156 valence electrons. The van der Waals surface area contributed by atoms with Gasteiger partial charge in [-0.25, -0.2) is 9.98 Å². The van der Waals surface area contributed by atoms with Crippen LogP contribution in [0.5, 0.6) is 17.4 Å². The Bertz CT molecular complexity index is 1020. The highest BCUT2D eigenvalue weighted by Crippen LogP contribution is 2.25. The topological polar surface area (TPSA) is 81.8 Å². The number of nitrogens with two attached hydrogens (primary N) is 1. The number of aliphatic imine (C=N–C) groups is 1. The second-order valence-corrected chi connectivity index (χ2v) is 6.95. The predicted octanol–water partition coefficient (Wildman–Crippen LogP) is 4.92. The maximum Gasteiger partial charge on any atom is 0.219 e. The highest BCUT2D eigenvalue weighted by atomic mass is 127. The fourth-order valence-corrected chi connectivity index (χ4v) is 3.36. The van der Waals surface area contributed by atoms with Crippen LogP contribution in [0.1, 0.15) is 23.1 Å². The number of ether oxygens (including phenoxy) is 2. The Morgan fingerprint density at radius 3 is 2.70 bits per heavy atom. The molecule has 0 aliphatic heterocycles. The molecule has 1 heterocycles. The largest absolute Gasteiger partial charge is 0.497 e. The molecule has 4 rings (SSSR count). The van der Waals surface area contributed by atoms with Crippen molar-refractivity contribution in [3.63, 3.8) is 0 Å². The lowest BCUT2D eigenvalue weighted by Crippen LogP contribution is -2.22. The molecule has 0 fully saturated rings. The number of fused-ring (bicyclic) bond motifs is 1. The number of pyridine rings is 1. The molecule has 0 unspecified atom stereocenters. The van der Waals surface area contributed by atoms with E-state index >= 15 is 0 Å². The Morgan fingerprint density at radius 1 is 1.07 bits per heavy atom. The van der Waals surface area contributed by atoms with Crippen molar-refractivity contribution in [2.45, 2.75) is 25.8 Å². The van der Waals surface area contributed by atoms with Crippen molar-refractivity contribution in [2.24, 2.45) is 10.7 Å². The summed E-state index contributed by atoms with van der Waals surface area (Å²) in [6.07, 6.45) is 5.27. The molecule has 0 radical (unpaired) electrons. The van der Waals surface area contributed by atoms with Crippen molar-refractivity contribution in [1.82, 2.24) is 4.98 Å². The van der Waals surface area contributed by atoms with Gasteiger partial charge < -0.3 is 20.5 Å². The van der Waals surface area contributed by atoms with Crippen LogP contribution in [0.15, 0.2) is 65.8 Å². The zero-order valence-corrected chi connectivity index (χ0v) is 19.1. The molecule has 7 heteroatoms. The zero-order valence-electron chi connectivity index (χ0n) is 16.8. The van der Waals surface area contributed by atoms with Crippen LogP contribution in [-0.2, 0) is 19.4 Å². The Kier molecular flexibility index (Phi) is 7.51. The molecule has 0 saturated carbocycles. The van der Waals surface area contributed by atoms with Gasteiger partial charge in [0.15, 0.2) is 5.96 Å². The summed E-state index contributed by atoms with van der Waals surface area (Å²) in [6, 6.07) is 17.5. The molecule has 2 aromatic carbocycles. The number of guanidine groups is 1. The van der Waals surface area contributed by atoms with Gasteiger partial charge in [0.25, 0.3) is 0 Å². The van der Waals surface area contributed by atoms with Gasteiger partial charge in [0.05, 0.1) is 13.7 Å². The van der Waals surface area contributed by atoms with Gasteiger partial charge >= 0.3 is 0 Å². The molecule has 1 aromatic heterocycles. The first kappa shape index (κ1) is 21.9. The summed E-state index contributed by atoms with van der Waals surface area (Å²) >= 11 is 0. The van der Waals surface area contributed by atoms with Crippen molar-refractivity contribution in [2.75, 3.05) is 12.4 Å². The van der Waals surface area contributed by atoms with E-state index in [2.05, 4.69) is 33.5 Å². The number of hydrogen-bond donors (Lipinski definition) is 2. The molecule has 30 heavy (non-hydrogen) atoms. The van der Waals surface area contributed by atoms with E-state index in [4.69, 9.17) is 15.2 Å². The molecule has 3 aromatic rings. The van der Waals surface area contributed by atoms with Crippen LogP contribution in [0.3, 0.4) is 0 Å². The number of benzene rings is 2. The van der Waals surface area contributed by atoms with E-state index in [1.807, 2.05) is 36.4 Å². The number of rotatable bonds is 6. The second-order valence-electron chi connectivity index (χ2n) is 6.95. The van der Waals surface area contributed by atoms with Crippen LogP contribution in [0.4, 0.5) is 5.69 Å². The lowest BCUT2D eigenvalue weighted by atomic mass is 10.1. The number of aryl methyl sites for hydroxylation is 2. The van der Waals surface area contributed by atoms with E-state index in [1.165, 1.54) is 24.0 Å². The Balaban J connectivity index is 0.00000256. The summed E-state index contributed by atoms with van der Waals surface area (Å²) in [4.78, 5) is 8.74. The van der Waals surface area contributed by atoms with E-state index < -0.39 is 0 Å². The standard InChI is InChI=1S/C23H24N4O2.HI/c1-28-20-6-3-7-21(13-20)29-22-11-8-16(14-25-22)15-26-23(24)27-19-10-9-17-4-2-5-18(17)12-19;/h3,6-14H,2,4-5,15H2,1H3,(H3,24,26,27);1H. The molecule has 0 atom stereocenters. The average molecular weight is 516 g/mol. The number of methoxy groups -OCH3 is 1. The maximum absolute atomic E-state index is 6.04. The maximum atomic E-state index is 6.04. The first-order valence-electron chi connectivity index (χ1n) is 9.65. The third-order valence-electron chi connectivity index (χ3n) is 4.86. The molecule has 0 bridgehead atoms. The van der Waals surface area contributed by atoms with Crippen molar-refractivity contribution in [3.8, 4) is 17.4 Å². The monoisotopic (exact) mass is 516 g/mol. The molecule has 1 aliphatic rings. The molecule has 0 amide bonds. The Morgan fingerprint density at radius 2 is 1.90 bits per heavy atom. The number of hydrogen-bond acceptors (Lipinski definition) is 4. The fourth-order valence-electron chi connectivity index (χ4n) is 3.36. The van der Waals surface area contributed by atoms with Crippen LogP contribution in [-0.4, -0.2) is 18.1 Å². The van der Waals surface area contributed by atoms with Gasteiger partial charge in [-0.3, -0.25) is 0 Å². The van der Waals surface area contributed by atoms with Crippen molar-refractivity contribution in [1.29, 1.82) is 0 Å². The van der Waals surface area contributed by atoms with Gasteiger partial charge in [0.2, 0.25) is 5.88 Å². The van der Waals surface area contributed by atoms with Gasteiger partial charge in [-0.15, -0.1) is 24.0 Å². The highest BCUT2D eigenvalue weighted by Gasteiger charge is 2.10. The van der Waals surface area contributed by atoms with E-state index in [0.29, 0.717) is 24.1 Å². The molecule has 0 spiro atoms. The molecular weight excluding hydrogens is 491 g/mol. The van der Waals surface area contributed by atoms with Crippen LogP contribution in [0, 0.1) is 0 Å². The summed E-state index contributed by atoms with van der Waals surface area (Å²) in [5.74, 6) is 2.31. The minimum atomic E-state index is 0. The third-order valence-corrected chi connectivity index (χ3v) is 4.86. The average Bonchev–Trinajstić information content (AvgIpc) is 3.21. The third kappa shape index (κ3) is 5.63. The Labute approximate surface area is 193 Å². The number of nitrogens with zero attached hydrogens (tertiary/aromatic N) is 2. The minimum absolute atomic E-state index is 0. The van der Waals surface area contributed by atoms with Crippen molar-refractivity contribution < 1.29 is 9.47 Å². The van der Waals surface area contributed by atoms with E-state index in [-0.39, 0.29) is 24.0 Å². The van der Waals surface area contributed by atoms with Gasteiger partial charge in [0, 0.05) is 24.0 Å². The number of nitrogens with one attached hydrogen (secondary N) is 1. The predicted molar refractivity (Wildman–Crippen MR) is 130 cm³/mol. The Hall–Kier alpha value is -2.81. The molecule has 3 N–H and O–H groups in total. The quantitative estimate of drug-likeness (QED) is 0.276. The minimum Gasteiger partial charge on any atom is -0.497 e. The summed E-state index contributed by atoms with van der Waals surface area (Å²) in [5.41, 5.74) is 10.8. The van der Waals surface area contributed by atoms with Crippen LogP contribution < -0.4 is 20.5 Å². The van der Waals surface area contributed by atoms with Crippen molar-refractivity contribution >= 4 is 35.6 Å². The lowest BCUT2D eigenvalue weighted by molar-refractivity contribution is 0.407. The number of anilines is 1. The summed E-state index contributed by atoms with van der Waals surface area (Å²) < 4.78 is 11.0. The second kappa shape index (κ2) is 10.3. The first-order chi connectivity index (χ1) is 14.2. The van der Waals surface area contributed by atoms with Gasteiger partial charge in [0.1, 0.15) is 11.5 Å². The smallest absolute Gasteiger partial charge is 0.219 e. The normalized spacial score (nSPS) is 12.6. The molecular formula is C23H25IN4O2. The van der Waals surface area contributed by atoms with E-state index in [1.54, 1.807) is 13.3 Å². The zero-order chi connectivity index (χ0) is 20.1. The number of halogens is 1. The van der Waals surface area contributed by atoms with Gasteiger partial charge in [-0.05, 0) is 60.2 Å². The van der Waals surface area contributed by atoms with Gasteiger partial charge in [-0.1, -0.05) is 18.2 Å². The SMILES string of the molecule is COc1cccc(Oc2ccc(CN=C(N)Nc3ccc4c(c3)CCC4)cn2)c1.I. The van der Waals surface area contributed by atoms with Gasteiger partial charge in [-0.2, -0.15) is 0 Å². The van der Waals surface area contributed by atoms with E-state index in [9.17, 15) is 0 Å². The number of aromatic nitrogens is 1. The van der Waals surface area contributed by atoms with E-state index in [0.717, 1.165) is 23.4 Å². The summed E-state index contributed by atoms with van der Waals surface area (Å²) in [6.45, 7) is 0.441. The summed E-state index contributed by atoms with van der Waals surface area (Å²) in [7, 11) is 1.62. The first-order valence-corrected chi connectivity index (χ1v) is 9.65. The fraction of sp³-hybridized carbons (Fsp3) is 0.217. The highest BCUT2D eigenvalue weighted by molar-refractivity contribution is 14.0. The summed E-state index contributed by atoms with van der Waals surface area (Å²) in [5, 5.41) is 3.17. The van der Waals surface area contributed by atoms with Crippen LogP contribution in [0.25, 0.3) is 0 Å². The van der Waals surface area contributed by atoms with Crippen LogP contribution in [0.2, 0.25) is 0 Å². The molecule has 6 nitrogen and oxygen atoms in total. The lowest BCUT2D eigenvalue weighted by Gasteiger charge is -2.08. The van der Waals surface area contributed by atoms with Crippen molar-refractivity contribution in [3.05, 3.63) is 77.5 Å². The van der Waals surface area contributed by atoms with Crippen LogP contribution >= 0.6 is 24.0 Å². The molecule has 0 saturated heterocycles.